The van der Waals surface area contributed by atoms with Crippen molar-refractivity contribution in [3.63, 3.8) is 0 Å². The fraction of sp³-hybridized carbons (Fsp3) is 0.400. The number of hydrazine groups is 1. The van der Waals surface area contributed by atoms with Gasteiger partial charge in [0.15, 0.2) is 0 Å². The standard InChI is InChI=1S/C15H18N4O6/c1-10(25-16-19(24)17(2)9-5-8-13(20)21)18-14(22)11-6-3-4-7-12(11)15(18)23/h3-4,6-7,10H,5,8-9H2,1-2H3,(H,20,21)/b19-16+. The van der Waals surface area contributed by atoms with Crippen LogP contribution in [0.2, 0.25) is 0 Å². The van der Waals surface area contributed by atoms with Gasteiger partial charge in [-0.25, -0.2) is 4.90 Å². The van der Waals surface area contributed by atoms with Crippen LogP contribution in [0, 0.1) is 5.21 Å². The molecule has 10 nitrogen and oxygen atoms in total. The number of carbonyl (C=O) groups excluding carboxylic acids is 2. The molecule has 1 N–H and O–H groups in total. The molecule has 1 aliphatic rings. The summed E-state index contributed by atoms with van der Waals surface area (Å²) in [7, 11) is 1.41. The summed E-state index contributed by atoms with van der Waals surface area (Å²) in [6, 6.07) is 6.37. The van der Waals surface area contributed by atoms with Crippen LogP contribution in [-0.2, 0) is 9.63 Å². The van der Waals surface area contributed by atoms with Crippen molar-refractivity contribution in [2.75, 3.05) is 13.6 Å². The number of carboxylic acids is 1. The third-order valence-electron chi connectivity index (χ3n) is 3.62. The second kappa shape index (κ2) is 7.60. The van der Waals surface area contributed by atoms with Gasteiger partial charge in [0.25, 0.3) is 11.8 Å². The van der Waals surface area contributed by atoms with E-state index in [-0.39, 0.29) is 35.5 Å². The molecule has 10 heteroatoms. The molecule has 1 aliphatic heterocycles. The van der Waals surface area contributed by atoms with Crippen LogP contribution in [0.5, 0.6) is 0 Å². The van der Waals surface area contributed by atoms with E-state index in [1.807, 2.05) is 0 Å². The van der Waals surface area contributed by atoms with Crippen LogP contribution in [-0.4, -0.2) is 57.6 Å². The number of imide groups is 1. The first kappa shape index (κ1) is 18.2. The van der Waals surface area contributed by atoms with Crippen molar-refractivity contribution in [1.29, 1.82) is 0 Å². The van der Waals surface area contributed by atoms with Crippen molar-refractivity contribution in [3.8, 4) is 0 Å². The molecule has 25 heavy (non-hydrogen) atoms. The zero-order chi connectivity index (χ0) is 18.6. The Bertz CT molecular complexity index is 685. The van der Waals surface area contributed by atoms with E-state index in [0.29, 0.717) is 0 Å². The van der Waals surface area contributed by atoms with Gasteiger partial charge >= 0.3 is 5.97 Å². The Hall–Kier alpha value is -3.17. The molecular formula is C15H18N4O6. The van der Waals surface area contributed by atoms with Gasteiger partial charge in [-0.1, -0.05) is 12.1 Å². The molecule has 1 aromatic rings. The Kier molecular flexibility index (Phi) is 5.52. The van der Waals surface area contributed by atoms with Crippen LogP contribution in [0.1, 0.15) is 40.5 Å². The van der Waals surface area contributed by atoms with E-state index in [4.69, 9.17) is 9.94 Å². The molecule has 0 radical (unpaired) electrons. The lowest BCUT2D eigenvalue weighted by Crippen LogP contribution is -2.39. The van der Waals surface area contributed by atoms with Gasteiger partial charge in [0.1, 0.15) is 0 Å². The number of hydrogen-bond donors (Lipinski definition) is 1. The van der Waals surface area contributed by atoms with E-state index in [1.165, 1.54) is 26.1 Å². The fourth-order valence-corrected chi connectivity index (χ4v) is 2.30. The number of benzene rings is 1. The van der Waals surface area contributed by atoms with Gasteiger partial charge in [-0.05, 0) is 25.5 Å². The second-order valence-corrected chi connectivity index (χ2v) is 5.44. The number of fused-ring (bicyclic) bond motifs is 1. The first-order chi connectivity index (χ1) is 11.8. The number of carboxylic acid groups (broad SMARTS) is 1. The van der Waals surface area contributed by atoms with Crippen molar-refractivity contribution in [2.45, 2.75) is 26.0 Å². The third kappa shape index (κ3) is 4.03. The van der Waals surface area contributed by atoms with Crippen molar-refractivity contribution < 1.29 is 29.3 Å². The summed E-state index contributed by atoms with van der Waals surface area (Å²) in [6.07, 6.45) is -0.894. The number of carbonyl (C=O) groups is 3. The zero-order valence-corrected chi connectivity index (χ0v) is 13.8. The molecule has 1 unspecified atom stereocenters. The lowest BCUT2D eigenvalue weighted by Gasteiger charge is -2.19. The molecule has 2 rings (SSSR count). The topological polar surface area (TPSA) is 126 Å². The van der Waals surface area contributed by atoms with E-state index < -0.39 is 24.0 Å². The molecule has 1 atom stereocenters. The summed E-state index contributed by atoms with van der Waals surface area (Å²) >= 11 is 0. The second-order valence-electron chi connectivity index (χ2n) is 5.44. The summed E-state index contributed by atoms with van der Waals surface area (Å²) in [5.41, 5.74) is 0.542. The SMILES string of the molecule is CC(O/N=[N+](/[O-])N(C)CCCC(=O)O)N1C(=O)c2ccccc2C1=O. The Labute approximate surface area is 143 Å². The predicted octanol–water partition coefficient (Wildman–Crippen LogP) is 1.23. The highest BCUT2D eigenvalue weighted by Gasteiger charge is 2.39. The smallest absolute Gasteiger partial charge is 0.303 e. The van der Waals surface area contributed by atoms with Crippen molar-refractivity contribution in [1.82, 2.24) is 9.91 Å². The Morgan fingerprint density at radius 2 is 1.92 bits per heavy atom. The van der Waals surface area contributed by atoms with Gasteiger partial charge in [0, 0.05) is 6.42 Å². The first-order valence-electron chi connectivity index (χ1n) is 7.56. The van der Waals surface area contributed by atoms with Gasteiger partial charge in [0.2, 0.25) is 11.5 Å². The van der Waals surface area contributed by atoms with Gasteiger partial charge in [0.05, 0.1) is 29.7 Å². The van der Waals surface area contributed by atoms with Crippen LogP contribution >= 0.6 is 0 Å². The quantitative estimate of drug-likeness (QED) is 0.323. The Balaban J connectivity index is 1.96. The number of rotatable bonds is 8. The zero-order valence-electron chi connectivity index (χ0n) is 13.8. The molecule has 0 bridgehead atoms. The Morgan fingerprint density at radius 3 is 2.44 bits per heavy atom. The number of aliphatic carboxylic acids is 1. The van der Waals surface area contributed by atoms with E-state index >= 15 is 0 Å². The summed E-state index contributed by atoms with van der Waals surface area (Å²) in [5, 5.41) is 24.7. The molecule has 134 valence electrons. The van der Waals surface area contributed by atoms with E-state index in [2.05, 4.69) is 5.28 Å². The third-order valence-corrected chi connectivity index (χ3v) is 3.62. The van der Waals surface area contributed by atoms with Crippen molar-refractivity contribution >= 4 is 17.8 Å². The predicted molar refractivity (Wildman–Crippen MR) is 83.0 cm³/mol. The number of nitrogens with zero attached hydrogens (tertiary/aromatic N) is 4. The van der Waals surface area contributed by atoms with Gasteiger partial charge in [-0.3, -0.25) is 14.4 Å². The molecule has 1 aromatic carbocycles. The molecule has 0 saturated carbocycles. The molecule has 2 amide bonds. The van der Waals surface area contributed by atoms with Crippen LogP contribution in [0.15, 0.2) is 29.5 Å². The van der Waals surface area contributed by atoms with E-state index in [1.54, 1.807) is 12.1 Å². The van der Waals surface area contributed by atoms with E-state index in [9.17, 15) is 19.6 Å². The maximum absolute atomic E-state index is 12.3. The van der Waals surface area contributed by atoms with E-state index in [0.717, 1.165) is 9.91 Å². The van der Waals surface area contributed by atoms with Crippen LogP contribution < -0.4 is 0 Å². The van der Waals surface area contributed by atoms with Crippen molar-refractivity contribution in [3.05, 3.63) is 40.6 Å². The summed E-state index contributed by atoms with van der Waals surface area (Å²) in [5.74, 6) is -2.00. The highest BCUT2D eigenvalue weighted by atomic mass is 16.7. The van der Waals surface area contributed by atoms with Gasteiger partial charge < -0.3 is 15.2 Å². The van der Waals surface area contributed by atoms with Gasteiger partial charge in [-0.15, -0.1) is 5.01 Å². The minimum Gasteiger partial charge on any atom is -0.569 e. The number of amides is 2. The minimum absolute atomic E-state index is 0.0789. The average molecular weight is 350 g/mol. The minimum atomic E-state index is -1.07. The maximum Gasteiger partial charge on any atom is 0.303 e. The molecule has 1 heterocycles. The van der Waals surface area contributed by atoms with Crippen LogP contribution in [0.25, 0.3) is 0 Å². The highest BCUT2D eigenvalue weighted by Crippen LogP contribution is 2.24. The molecule has 0 aliphatic carbocycles. The molecule has 0 saturated heterocycles. The lowest BCUT2D eigenvalue weighted by molar-refractivity contribution is -0.707. The average Bonchev–Trinajstić information content (AvgIpc) is 2.83. The normalized spacial score (nSPS) is 15.1. The molecule has 0 spiro atoms. The molecular weight excluding hydrogens is 332 g/mol. The summed E-state index contributed by atoms with van der Waals surface area (Å²) in [6.45, 7) is 1.58. The Morgan fingerprint density at radius 1 is 1.36 bits per heavy atom. The lowest BCUT2D eigenvalue weighted by atomic mass is 10.1. The number of hydrogen-bond acceptors (Lipinski definition) is 6. The first-order valence-corrected chi connectivity index (χ1v) is 7.56. The van der Waals surface area contributed by atoms with Crippen LogP contribution in [0.3, 0.4) is 0 Å². The molecule has 0 fully saturated rings. The fourth-order valence-electron chi connectivity index (χ4n) is 2.30. The molecule has 0 aromatic heterocycles. The summed E-state index contributed by atoms with van der Waals surface area (Å²) < 4.78 is 0. The highest BCUT2D eigenvalue weighted by molar-refractivity contribution is 6.21. The monoisotopic (exact) mass is 350 g/mol. The largest absolute Gasteiger partial charge is 0.569 e. The van der Waals surface area contributed by atoms with Gasteiger partial charge in [-0.2, -0.15) is 0 Å². The summed E-state index contributed by atoms with van der Waals surface area (Å²) in [4.78, 5) is 40.9. The maximum atomic E-state index is 12.3. The van der Waals surface area contributed by atoms with Crippen LogP contribution in [0.4, 0.5) is 0 Å². The van der Waals surface area contributed by atoms with Crippen molar-refractivity contribution in [2.24, 2.45) is 5.28 Å².